The molecular weight excluding hydrogens is 266 g/mol. The summed E-state index contributed by atoms with van der Waals surface area (Å²) in [5, 5.41) is 12.7. The van der Waals surface area contributed by atoms with E-state index in [1.165, 1.54) is 6.07 Å². The number of aliphatic hydroxyl groups is 1. The van der Waals surface area contributed by atoms with Gasteiger partial charge in [-0.05, 0) is 12.0 Å². The van der Waals surface area contributed by atoms with E-state index in [0.717, 1.165) is 5.56 Å². The highest BCUT2D eigenvalue weighted by Gasteiger charge is 2.11. The van der Waals surface area contributed by atoms with Gasteiger partial charge in [-0.25, -0.2) is 4.98 Å². The first-order chi connectivity index (χ1) is 10.1. The molecule has 21 heavy (non-hydrogen) atoms. The molecule has 1 heterocycles. The molecule has 0 radical (unpaired) electrons. The van der Waals surface area contributed by atoms with Crippen molar-refractivity contribution in [3.05, 3.63) is 58.1 Å². The number of hydrogen-bond acceptors (Lipinski definition) is 4. The monoisotopic (exact) mass is 287 g/mol. The van der Waals surface area contributed by atoms with Gasteiger partial charge >= 0.3 is 0 Å². The minimum atomic E-state index is -0.187. The third-order valence-electron chi connectivity index (χ3n) is 3.20. The van der Waals surface area contributed by atoms with Crippen LogP contribution in [0.5, 0.6) is 0 Å². The van der Waals surface area contributed by atoms with Crippen molar-refractivity contribution >= 4 is 5.82 Å². The molecule has 0 aliphatic carbocycles. The van der Waals surface area contributed by atoms with Gasteiger partial charge in [0.2, 0.25) is 0 Å². The predicted molar refractivity (Wildman–Crippen MR) is 83.6 cm³/mol. The summed E-state index contributed by atoms with van der Waals surface area (Å²) in [7, 11) is 0. The van der Waals surface area contributed by atoms with Crippen LogP contribution in [0.1, 0.15) is 31.2 Å². The number of hydrogen-bond donors (Lipinski definition) is 3. The number of aromatic nitrogens is 2. The molecular formula is C16H21N3O2. The van der Waals surface area contributed by atoms with Gasteiger partial charge < -0.3 is 15.4 Å². The molecule has 0 bridgehead atoms. The Balaban J connectivity index is 2.13. The zero-order valence-corrected chi connectivity index (χ0v) is 12.3. The van der Waals surface area contributed by atoms with Gasteiger partial charge in [-0.15, -0.1) is 0 Å². The highest BCUT2D eigenvalue weighted by atomic mass is 16.3. The lowest BCUT2D eigenvalue weighted by Gasteiger charge is -2.17. The van der Waals surface area contributed by atoms with Gasteiger partial charge in [-0.3, -0.25) is 4.79 Å². The number of anilines is 1. The van der Waals surface area contributed by atoms with Crippen molar-refractivity contribution in [3.63, 3.8) is 0 Å². The normalized spacial score (nSPS) is 12.4. The number of nitrogens with one attached hydrogen (secondary N) is 2. The van der Waals surface area contributed by atoms with Gasteiger partial charge in [-0.2, -0.15) is 0 Å². The highest BCUT2D eigenvalue weighted by molar-refractivity contribution is 5.35. The average molecular weight is 287 g/mol. The number of rotatable bonds is 6. The molecule has 2 aromatic rings. The SMILES string of the molecule is CC(C)c1nc(NC(CO)Cc2ccccc2)cc(=O)[nH]1. The standard InChI is InChI=1S/C16H21N3O2/c1-11(2)16-18-14(9-15(21)19-16)17-13(10-20)8-12-6-4-3-5-7-12/h3-7,9,11,13,20H,8,10H2,1-2H3,(H2,17,18,19,21). The van der Waals surface area contributed by atoms with Crippen LogP contribution in [0.25, 0.3) is 0 Å². The molecule has 5 nitrogen and oxygen atoms in total. The molecule has 0 aliphatic rings. The third-order valence-corrected chi connectivity index (χ3v) is 3.20. The van der Waals surface area contributed by atoms with E-state index in [9.17, 15) is 9.90 Å². The van der Waals surface area contributed by atoms with Crippen LogP contribution in [0, 0.1) is 0 Å². The van der Waals surface area contributed by atoms with Gasteiger partial charge in [0.05, 0.1) is 12.6 Å². The van der Waals surface area contributed by atoms with Crippen molar-refractivity contribution < 1.29 is 5.11 Å². The van der Waals surface area contributed by atoms with E-state index in [1.54, 1.807) is 0 Å². The Labute approximate surface area is 124 Å². The van der Waals surface area contributed by atoms with Crippen LogP contribution in [0.2, 0.25) is 0 Å². The van der Waals surface area contributed by atoms with Gasteiger partial charge in [-0.1, -0.05) is 44.2 Å². The first kappa shape index (κ1) is 15.3. The van der Waals surface area contributed by atoms with Crippen LogP contribution in [-0.4, -0.2) is 27.7 Å². The van der Waals surface area contributed by atoms with Crippen molar-refractivity contribution in [1.29, 1.82) is 0 Å². The molecule has 0 amide bonds. The van der Waals surface area contributed by atoms with E-state index in [1.807, 2.05) is 44.2 Å². The predicted octanol–water partition coefficient (Wildman–Crippen LogP) is 1.91. The van der Waals surface area contributed by atoms with Crippen molar-refractivity contribution in [2.75, 3.05) is 11.9 Å². The molecule has 0 aliphatic heterocycles. The largest absolute Gasteiger partial charge is 0.394 e. The van der Waals surface area contributed by atoms with Crippen molar-refractivity contribution in [2.24, 2.45) is 0 Å². The van der Waals surface area contributed by atoms with E-state index < -0.39 is 0 Å². The Morgan fingerprint density at radius 2 is 2.00 bits per heavy atom. The second-order valence-corrected chi connectivity index (χ2v) is 5.38. The van der Waals surface area contributed by atoms with Crippen LogP contribution < -0.4 is 10.9 Å². The average Bonchev–Trinajstić information content (AvgIpc) is 2.47. The summed E-state index contributed by atoms with van der Waals surface area (Å²) in [6.07, 6.45) is 0.669. The second kappa shape index (κ2) is 7.04. The fourth-order valence-electron chi connectivity index (χ4n) is 2.09. The number of nitrogens with zero attached hydrogens (tertiary/aromatic N) is 1. The molecule has 0 spiro atoms. The lowest BCUT2D eigenvalue weighted by Crippen LogP contribution is -2.28. The van der Waals surface area contributed by atoms with E-state index >= 15 is 0 Å². The first-order valence-electron chi connectivity index (χ1n) is 7.11. The molecule has 2 rings (SSSR count). The van der Waals surface area contributed by atoms with Gasteiger partial charge in [0, 0.05) is 12.0 Å². The van der Waals surface area contributed by atoms with Crippen LogP contribution in [0.15, 0.2) is 41.2 Å². The molecule has 5 heteroatoms. The fraction of sp³-hybridized carbons (Fsp3) is 0.375. The van der Waals surface area contributed by atoms with E-state index in [0.29, 0.717) is 18.1 Å². The molecule has 1 atom stereocenters. The highest BCUT2D eigenvalue weighted by Crippen LogP contribution is 2.11. The second-order valence-electron chi connectivity index (χ2n) is 5.38. The summed E-state index contributed by atoms with van der Waals surface area (Å²) in [6.45, 7) is 3.91. The quantitative estimate of drug-likeness (QED) is 0.758. The maximum atomic E-state index is 11.6. The summed E-state index contributed by atoms with van der Waals surface area (Å²) in [5.41, 5.74) is 0.936. The maximum Gasteiger partial charge on any atom is 0.252 e. The third kappa shape index (κ3) is 4.43. The van der Waals surface area contributed by atoms with E-state index in [2.05, 4.69) is 15.3 Å². The maximum absolute atomic E-state index is 11.6. The number of benzene rings is 1. The number of aliphatic hydroxyl groups excluding tert-OH is 1. The summed E-state index contributed by atoms with van der Waals surface area (Å²) in [6, 6.07) is 11.1. The molecule has 0 saturated carbocycles. The summed E-state index contributed by atoms with van der Waals surface area (Å²) in [5.74, 6) is 1.28. The summed E-state index contributed by atoms with van der Waals surface area (Å²) >= 11 is 0. The van der Waals surface area contributed by atoms with Crippen molar-refractivity contribution in [3.8, 4) is 0 Å². The lowest BCUT2D eigenvalue weighted by molar-refractivity contribution is 0.273. The summed E-state index contributed by atoms with van der Waals surface area (Å²) < 4.78 is 0. The minimum absolute atomic E-state index is 0.0274. The topological polar surface area (TPSA) is 78.0 Å². The molecule has 0 saturated heterocycles. The molecule has 1 aromatic carbocycles. The van der Waals surface area contributed by atoms with Crippen LogP contribution in [0.4, 0.5) is 5.82 Å². The van der Waals surface area contributed by atoms with Gasteiger partial charge in [0.25, 0.3) is 5.56 Å². The number of aromatic amines is 1. The Kier molecular flexibility index (Phi) is 5.11. The minimum Gasteiger partial charge on any atom is -0.394 e. The lowest BCUT2D eigenvalue weighted by atomic mass is 10.1. The molecule has 1 aromatic heterocycles. The van der Waals surface area contributed by atoms with Crippen LogP contribution in [0.3, 0.4) is 0 Å². The molecule has 0 fully saturated rings. The fourth-order valence-corrected chi connectivity index (χ4v) is 2.09. The molecule has 1 unspecified atom stereocenters. The van der Waals surface area contributed by atoms with E-state index in [4.69, 9.17) is 0 Å². The van der Waals surface area contributed by atoms with E-state index in [-0.39, 0.29) is 24.1 Å². The van der Waals surface area contributed by atoms with Crippen molar-refractivity contribution in [1.82, 2.24) is 9.97 Å². The van der Waals surface area contributed by atoms with Crippen LogP contribution >= 0.6 is 0 Å². The zero-order valence-electron chi connectivity index (χ0n) is 12.3. The Morgan fingerprint density at radius 3 is 2.62 bits per heavy atom. The zero-order chi connectivity index (χ0) is 15.2. The molecule has 3 N–H and O–H groups in total. The number of H-pyrrole nitrogens is 1. The summed E-state index contributed by atoms with van der Waals surface area (Å²) in [4.78, 5) is 18.7. The van der Waals surface area contributed by atoms with Crippen molar-refractivity contribution in [2.45, 2.75) is 32.2 Å². The Morgan fingerprint density at radius 1 is 1.29 bits per heavy atom. The van der Waals surface area contributed by atoms with Gasteiger partial charge in [0.1, 0.15) is 11.6 Å². The smallest absolute Gasteiger partial charge is 0.252 e. The Bertz CT molecular complexity index is 623. The Hall–Kier alpha value is -2.14. The first-order valence-corrected chi connectivity index (χ1v) is 7.11. The van der Waals surface area contributed by atoms with Gasteiger partial charge in [0.15, 0.2) is 0 Å². The molecule has 112 valence electrons. The van der Waals surface area contributed by atoms with Crippen LogP contribution in [-0.2, 0) is 6.42 Å².